The molecule has 0 aliphatic rings. The Morgan fingerprint density at radius 3 is 2.23 bits per heavy atom. The highest BCUT2D eigenvalue weighted by molar-refractivity contribution is 6.64. The fourth-order valence-corrected chi connectivity index (χ4v) is 1.06. The molecule has 0 aromatic heterocycles. The van der Waals surface area contributed by atoms with E-state index in [4.69, 9.17) is 11.6 Å². The van der Waals surface area contributed by atoms with Gasteiger partial charge in [-0.15, -0.1) is 12.4 Å². The molecule has 0 bridgehead atoms. The first-order valence-corrected chi connectivity index (χ1v) is 4.55. The van der Waals surface area contributed by atoms with Crippen LogP contribution in [0.2, 0.25) is 0 Å². The van der Waals surface area contributed by atoms with Crippen molar-refractivity contribution in [1.29, 1.82) is 0 Å². The predicted octanol–water partition coefficient (Wildman–Crippen LogP) is 2.24. The predicted molar refractivity (Wildman–Crippen MR) is 55.4 cm³/mol. The third-order valence-corrected chi connectivity index (χ3v) is 2.08. The maximum Gasteiger partial charge on any atom is 0.255 e. The van der Waals surface area contributed by atoms with Gasteiger partial charge in [-0.3, -0.25) is 4.79 Å². The second kappa shape index (κ2) is 8.73. The summed E-state index contributed by atoms with van der Waals surface area (Å²) in [5.41, 5.74) is 0. The lowest BCUT2D eigenvalue weighted by Crippen LogP contribution is -2.27. The van der Waals surface area contributed by atoms with E-state index in [9.17, 15) is 9.18 Å². The van der Waals surface area contributed by atoms with Crippen molar-refractivity contribution in [2.75, 3.05) is 19.6 Å². The first-order chi connectivity index (χ1) is 5.61. The molecular formula is C8H16Cl2FNO. The molecule has 0 aliphatic heterocycles. The molecule has 0 amide bonds. The van der Waals surface area contributed by atoms with Gasteiger partial charge in [-0.25, -0.2) is 4.39 Å². The third kappa shape index (κ3) is 7.23. The summed E-state index contributed by atoms with van der Waals surface area (Å²) in [6, 6.07) is 0. The SMILES string of the molecule is CCN(CC)CC[C@@H](F)C(=O)Cl.Cl. The van der Waals surface area contributed by atoms with Crippen molar-refractivity contribution >= 4 is 29.3 Å². The molecule has 0 heterocycles. The zero-order valence-electron chi connectivity index (χ0n) is 7.93. The molecule has 80 valence electrons. The van der Waals surface area contributed by atoms with Crippen LogP contribution in [0.15, 0.2) is 0 Å². The third-order valence-electron chi connectivity index (χ3n) is 1.84. The molecule has 0 spiro atoms. The van der Waals surface area contributed by atoms with E-state index in [-0.39, 0.29) is 18.8 Å². The normalized spacial score (nSPS) is 12.4. The molecular weight excluding hydrogens is 216 g/mol. The molecule has 0 N–H and O–H groups in total. The summed E-state index contributed by atoms with van der Waals surface area (Å²) in [4.78, 5) is 12.4. The number of alkyl halides is 1. The van der Waals surface area contributed by atoms with Gasteiger partial charge >= 0.3 is 0 Å². The second-order valence-electron chi connectivity index (χ2n) is 2.59. The Balaban J connectivity index is 0. The fourth-order valence-electron chi connectivity index (χ4n) is 0.949. The van der Waals surface area contributed by atoms with E-state index in [1.54, 1.807) is 0 Å². The summed E-state index contributed by atoms with van der Waals surface area (Å²) in [7, 11) is 0. The quantitative estimate of drug-likeness (QED) is 0.654. The molecule has 0 fully saturated rings. The Morgan fingerprint density at radius 1 is 1.46 bits per heavy atom. The Kier molecular flexibility index (Phi) is 10.5. The van der Waals surface area contributed by atoms with Crippen LogP contribution in [0.1, 0.15) is 20.3 Å². The van der Waals surface area contributed by atoms with Crippen molar-refractivity contribution in [2.45, 2.75) is 26.4 Å². The molecule has 5 heteroatoms. The van der Waals surface area contributed by atoms with Gasteiger partial charge in [0.25, 0.3) is 5.24 Å². The smallest absolute Gasteiger partial charge is 0.255 e. The van der Waals surface area contributed by atoms with Gasteiger partial charge in [0.05, 0.1) is 0 Å². The van der Waals surface area contributed by atoms with Gasteiger partial charge in [0.15, 0.2) is 6.17 Å². The van der Waals surface area contributed by atoms with Crippen LogP contribution in [0.4, 0.5) is 4.39 Å². The molecule has 0 aliphatic carbocycles. The number of hydrogen-bond acceptors (Lipinski definition) is 2. The maximum atomic E-state index is 12.7. The Labute approximate surface area is 89.8 Å². The van der Waals surface area contributed by atoms with Crippen LogP contribution in [0.25, 0.3) is 0 Å². The molecule has 2 nitrogen and oxygen atoms in total. The Morgan fingerprint density at radius 2 is 1.92 bits per heavy atom. The Hall–Kier alpha value is 0.140. The second-order valence-corrected chi connectivity index (χ2v) is 2.96. The number of hydrogen-bond donors (Lipinski definition) is 0. The van der Waals surface area contributed by atoms with Crippen molar-refractivity contribution in [1.82, 2.24) is 4.90 Å². The van der Waals surface area contributed by atoms with E-state index in [0.717, 1.165) is 13.1 Å². The highest BCUT2D eigenvalue weighted by atomic mass is 35.5. The summed E-state index contributed by atoms with van der Waals surface area (Å²) in [5, 5.41) is -0.887. The number of carbonyl (C=O) groups is 1. The molecule has 0 aromatic carbocycles. The van der Waals surface area contributed by atoms with Crippen LogP contribution in [0.3, 0.4) is 0 Å². The summed E-state index contributed by atoms with van der Waals surface area (Å²) in [6.07, 6.45) is -1.31. The number of halogens is 3. The number of carbonyl (C=O) groups excluding carboxylic acids is 1. The standard InChI is InChI=1S/C8H15ClFNO.ClH/c1-3-11(4-2)6-5-7(10)8(9)12;/h7H,3-6H2,1-2H3;1H/t7-;/m1./s1. The van der Waals surface area contributed by atoms with Crippen LogP contribution >= 0.6 is 24.0 Å². The average Bonchev–Trinajstić information content (AvgIpc) is 2.05. The van der Waals surface area contributed by atoms with E-state index >= 15 is 0 Å². The van der Waals surface area contributed by atoms with E-state index in [2.05, 4.69) is 0 Å². The molecule has 0 rings (SSSR count). The number of rotatable bonds is 6. The fraction of sp³-hybridized carbons (Fsp3) is 0.875. The van der Waals surface area contributed by atoms with Gasteiger partial charge in [-0.1, -0.05) is 13.8 Å². The van der Waals surface area contributed by atoms with Gasteiger partial charge in [0, 0.05) is 6.54 Å². The minimum Gasteiger partial charge on any atom is -0.304 e. The van der Waals surface area contributed by atoms with Crippen LogP contribution in [0.5, 0.6) is 0 Å². The van der Waals surface area contributed by atoms with Gasteiger partial charge in [-0.05, 0) is 31.1 Å². The largest absolute Gasteiger partial charge is 0.304 e. The highest BCUT2D eigenvalue weighted by Crippen LogP contribution is 2.04. The lowest BCUT2D eigenvalue weighted by molar-refractivity contribution is -0.116. The lowest BCUT2D eigenvalue weighted by Gasteiger charge is -2.17. The number of nitrogens with zero attached hydrogens (tertiary/aromatic N) is 1. The maximum absolute atomic E-state index is 12.7. The van der Waals surface area contributed by atoms with Crippen molar-refractivity contribution < 1.29 is 9.18 Å². The van der Waals surface area contributed by atoms with Crippen molar-refractivity contribution in [3.05, 3.63) is 0 Å². The zero-order chi connectivity index (χ0) is 9.56. The van der Waals surface area contributed by atoms with Crippen molar-refractivity contribution in [3.8, 4) is 0 Å². The molecule has 0 unspecified atom stereocenters. The molecule has 0 radical (unpaired) electrons. The molecule has 0 saturated carbocycles. The summed E-state index contributed by atoms with van der Waals surface area (Å²) < 4.78 is 12.7. The van der Waals surface area contributed by atoms with Crippen LogP contribution in [0, 0.1) is 0 Å². The van der Waals surface area contributed by atoms with Crippen LogP contribution < -0.4 is 0 Å². The van der Waals surface area contributed by atoms with Crippen LogP contribution in [-0.4, -0.2) is 35.9 Å². The van der Waals surface area contributed by atoms with E-state index in [1.165, 1.54) is 0 Å². The topological polar surface area (TPSA) is 20.3 Å². The van der Waals surface area contributed by atoms with Crippen molar-refractivity contribution in [2.24, 2.45) is 0 Å². The summed E-state index contributed by atoms with van der Waals surface area (Å²) in [6.45, 7) is 6.34. The van der Waals surface area contributed by atoms with Gasteiger partial charge in [-0.2, -0.15) is 0 Å². The monoisotopic (exact) mass is 231 g/mol. The molecule has 0 saturated heterocycles. The lowest BCUT2D eigenvalue weighted by atomic mass is 10.3. The van der Waals surface area contributed by atoms with Gasteiger partial charge in [0.1, 0.15) is 0 Å². The first-order valence-electron chi connectivity index (χ1n) is 4.17. The first kappa shape index (κ1) is 15.6. The van der Waals surface area contributed by atoms with E-state index in [0.29, 0.717) is 6.54 Å². The van der Waals surface area contributed by atoms with Crippen LogP contribution in [-0.2, 0) is 4.79 Å². The summed E-state index contributed by atoms with van der Waals surface area (Å²) in [5.74, 6) is 0. The van der Waals surface area contributed by atoms with E-state index in [1.807, 2.05) is 18.7 Å². The minimum absolute atomic E-state index is 0. The highest BCUT2D eigenvalue weighted by Gasteiger charge is 2.14. The van der Waals surface area contributed by atoms with E-state index < -0.39 is 11.4 Å². The zero-order valence-corrected chi connectivity index (χ0v) is 9.50. The molecule has 0 aromatic rings. The van der Waals surface area contributed by atoms with Gasteiger partial charge in [0.2, 0.25) is 0 Å². The minimum atomic E-state index is -1.51. The molecule has 1 atom stereocenters. The molecule has 13 heavy (non-hydrogen) atoms. The van der Waals surface area contributed by atoms with Crippen molar-refractivity contribution in [3.63, 3.8) is 0 Å². The van der Waals surface area contributed by atoms with Gasteiger partial charge < -0.3 is 4.90 Å². The Bertz CT molecular complexity index is 142. The average molecular weight is 232 g/mol. The summed E-state index contributed by atoms with van der Waals surface area (Å²) >= 11 is 4.97.